The van der Waals surface area contributed by atoms with Crippen molar-refractivity contribution in [3.05, 3.63) is 101 Å². The van der Waals surface area contributed by atoms with Gasteiger partial charge in [-0.05, 0) is 70.0 Å². The van der Waals surface area contributed by atoms with Crippen LogP contribution in [0.25, 0.3) is 11.1 Å². The number of carbonyl (C=O) groups excluding carboxylic acids is 3. The largest absolute Gasteiger partial charge is 0.326 e. The van der Waals surface area contributed by atoms with Crippen molar-refractivity contribution in [2.24, 2.45) is 5.14 Å². The zero-order valence-electron chi connectivity index (χ0n) is 20.4. The number of hydrogen-bond acceptors (Lipinski definition) is 6. The number of carbonyl (C=O) groups is 3. The van der Waals surface area contributed by atoms with Gasteiger partial charge in [0.15, 0.2) is 0 Å². The van der Waals surface area contributed by atoms with Gasteiger partial charge in [-0.3, -0.25) is 14.4 Å². The number of nitrogens with one attached hydrogen (secondary N) is 3. The molecule has 0 saturated carbocycles. The van der Waals surface area contributed by atoms with Crippen molar-refractivity contribution in [3.63, 3.8) is 0 Å². The number of aromatic nitrogens is 1. The number of nitrogens with zero attached hydrogens (tertiary/aromatic N) is 1. The molecule has 0 aliphatic heterocycles. The van der Waals surface area contributed by atoms with Crippen LogP contribution in [0.3, 0.4) is 0 Å². The minimum absolute atomic E-state index is 0.0302. The van der Waals surface area contributed by atoms with E-state index in [0.29, 0.717) is 22.6 Å². The first-order chi connectivity index (χ1) is 18.5. The predicted octanol–water partition coefficient (Wildman–Crippen LogP) is 4.62. The maximum Gasteiger partial charge on any atom is 0.259 e. The topological polar surface area (TPSA) is 160 Å². The number of halogens is 1. The summed E-state index contributed by atoms with van der Waals surface area (Å²) in [5.74, 6) is -1.09. The third-order valence-electron chi connectivity index (χ3n) is 5.45. The quantitative estimate of drug-likeness (QED) is 0.240. The Morgan fingerprint density at radius 3 is 2.21 bits per heavy atom. The van der Waals surface area contributed by atoms with Crippen molar-refractivity contribution in [3.8, 4) is 11.1 Å². The van der Waals surface area contributed by atoms with Gasteiger partial charge in [0.05, 0.1) is 16.1 Å². The monoisotopic (exact) mass is 607 g/mol. The molecule has 0 spiro atoms. The maximum atomic E-state index is 13.1. The van der Waals surface area contributed by atoms with E-state index < -0.39 is 21.8 Å². The molecule has 198 valence electrons. The number of amides is 3. The number of pyridine rings is 1. The molecular weight excluding hydrogens is 586 g/mol. The van der Waals surface area contributed by atoms with Gasteiger partial charge in [0.2, 0.25) is 15.9 Å². The second-order valence-electron chi connectivity index (χ2n) is 8.33. The fraction of sp³-hybridized carbons (Fsp3) is 0.0370. The van der Waals surface area contributed by atoms with Crippen molar-refractivity contribution < 1.29 is 22.8 Å². The van der Waals surface area contributed by atoms with Crippen LogP contribution in [0.2, 0.25) is 0 Å². The molecule has 1 aromatic heterocycles. The minimum atomic E-state index is -3.95. The average molecular weight is 608 g/mol. The number of hydrogen-bond donors (Lipinski definition) is 4. The predicted molar refractivity (Wildman–Crippen MR) is 152 cm³/mol. The molecule has 0 atom stereocenters. The van der Waals surface area contributed by atoms with Crippen molar-refractivity contribution in [1.29, 1.82) is 0 Å². The van der Waals surface area contributed by atoms with Gasteiger partial charge >= 0.3 is 0 Å². The number of rotatable bonds is 7. The van der Waals surface area contributed by atoms with Gasteiger partial charge in [-0.15, -0.1) is 0 Å². The Balaban J connectivity index is 1.60. The highest BCUT2D eigenvalue weighted by Gasteiger charge is 2.18. The molecular formula is C27H22BrN5O5S. The van der Waals surface area contributed by atoms with E-state index in [2.05, 4.69) is 36.9 Å². The smallest absolute Gasteiger partial charge is 0.259 e. The van der Waals surface area contributed by atoms with Gasteiger partial charge in [-0.1, -0.05) is 30.3 Å². The lowest BCUT2D eigenvalue weighted by molar-refractivity contribution is -0.114. The summed E-state index contributed by atoms with van der Waals surface area (Å²) in [6.07, 6.45) is 1.52. The summed E-state index contributed by atoms with van der Waals surface area (Å²) >= 11 is 3.28. The Hall–Kier alpha value is -4.39. The molecule has 12 heteroatoms. The Labute approximate surface area is 232 Å². The average Bonchev–Trinajstić information content (AvgIpc) is 2.90. The summed E-state index contributed by atoms with van der Waals surface area (Å²) in [6, 6.07) is 20.4. The van der Waals surface area contributed by atoms with Crippen molar-refractivity contribution in [1.82, 2.24) is 4.98 Å². The highest BCUT2D eigenvalue weighted by molar-refractivity contribution is 9.10. The molecule has 0 fully saturated rings. The summed E-state index contributed by atoms with van der Waals surface area (Å²) < 4.78 is 24.7. The summed E-state index contributed by atoms with van der Waals surface area (Å²) in [6.45, 7) is 1.34. The van der Waals surface area contributed by atoms with Crippen LogP contribution in [-0.2, 0) is 14.8 Å². The Bertz CT molecular complexity index is 1670. The van der Waals surface area contributed by atoms with Crippen LogP contribution in [0, 0.1) is 0 Å². The molecule has 0 bridgehead atoms. The molecule has 0 saturated heterocycles. The van der Waals surface area contributed by atoms with Crippen LogP contribution < -0.4 is 21.1 Å². The zero-order chi connectivity index (χ0) is 28.2. The second-order valence-corrected chi connectivity index (χ2v) is 10.8. The first-order valence-corrected chi connectivity index (χ1v) is 13.7. The van der Waals surface area contributed by atoms with Gasteiger partial charge in [0, 0.05) is 34.4 Å². The van der Waals surface area contributed by atoms with Crippen LogP contribution in [0.1, 0.15) is 27.6 Å². The Morgan fingerprint density at radius 1 is 0.846 bits per heavy atom. The van der Waals surface area contributed by atoms with Crippen molar-refractivity contribution in [2.75, 3.05) is 16.0 Å². The third kappa shape index (κ3) is 6.93. The lowest BCUT2D eigenvalue weighted by Crippen LogP contribution is -2.19. The van der Waals surface area contributed by atoms with Crippen LogP contribution in [0.15, 0.2) is 94.4 Å². The van der Waals surface area contributed by atoms with E-state index >= 15 is 0 Å². The Morgan fingerprint density at radius 2 is 1.56 bits per heavy atom. The van der Waals surface area contributed by atoms with Crippen LogP contribution in [0.5, 0.6) is 0 Å². The standard InChI is InChI=1S/C27H22BrN5O5S/c1-16(34)31-20-11-12-23(22(14-20)27(36)33-25-13-10-19(28)15-30-25)32-26(35)18-8-6-17(7-9-18)21-4-2-3-5-24(21)39(29,37)38/h2-15H,1H3,(H,31,34)(H,32,35)(H2,29,37,38)(H,30,33,36). The van der Waals surface area contributed by atoms with Crippen LogP contribution in [0.4, 0.5) is 17.2 Å². The molecule has 1 heterocycles. The molecule has 0 radical (unpaired) electrons. The first kappa shape index (κ1) is 27.6. The molecule has 0 aliphatic carbocycles. The van der Waals surface area contributed by atoms with E-state index in [0.717, 1.165) is 4.47 Å². The van der Waals surface area contributed by atoms with Gasteiger partial charge in [0.25, 0.3) is 11.8 Å². The fourth-order valence-electron chi connectivity index (χ4n) is 3.70. The van der Waals surface area contributed by atoms with E-state index in [-0.39, 0.29) is 27.6 Å². The molecule has 0 unspecified atom stereocenters. The van der Waals surface area contributed by atoms with E-state index in [1.54, 1.807) is 48.5 Å². The lowest BCUT2D eigenvalue weighted by atomic mass is 10.0. The van der Waals surface area contributed by atoms with E-state index in [1.165, 1.54) is 43.5 Å². The summed E-state index contributed by atoms with van der Waals surface area (Å²) in [4.78, 5) is 41.8. The summed E-state index contributed by atoms with van der Waals surface area (Å²) in [7, 11) is -3.95. The highest BCUT2D eigenvalue weighted by Crippen LogP contribution is 2.28. The SMILES string of the molecule is CC(=O)Nc1ccc(NC(=O)c2ccc(-c3ccccc3S(N)(=O)=O)cc2)c(C(=O)Nc2ccc(Br)cn2)c1. The van der Waals surface area contributed by atoms with Gasteiger partial charge in [-0.25, -0.2) is 18.5 Å². The van der Waals surface area contributed by atoms with E-state index in [9.17, 15) is 22.8 Å². The molecule has 3 aromatic carbocycles. The van der Waals surface area contributed by atoms with Gasteiger partial charge in [0.1, 0.15) is 5.82 Å². The van der Waals surface area contributed by atoms with Crippen LogP contribution >= 0.6 is 15.9 Å². The number of nitrogens with two attached hydrogens (primary N) is 1. The van der Waals surface area contributed by atoms with E-state index in [1.807, 2.05) is 0 Å². The zero-order valence-corrected chi connectivity index (χ0v) is 22.8. The third-order valence-corrected chi connectivity index (χ3v) is 6.89. The summed E-state index contributed by atoms with van der Waals surface area (Å²) in [5, 5.41) is 13.3. The number of anilines is 3. The normalized spacial score (nSPS) is 10.9. The van der Waals surface area contributed by atoms with Gasteiger partial charge < -0.3 is 16.0 Å². The molecule has 4 rings (SSSR count). The lowest BCUT2D eigenvalue weighted by Gasteiger charge is -2.14. The first-order valence-electron chi connectivity index (χ1n) is 11.4. The molecule has 10 nitrogen and oxygen atoms in total. The maximum absolute atomic E-state index is 13.1. The molecule has 4 aromatic rings. The minimum Gasteiger partial charge on any atom is -0.326 e. The van der Waals surface area contributed by atoms with Crippen molar-refractivity contribution in [2.45, 2.75) is 11.8 Å². The fourth-order valence-corrected chi connectivity index (χ4v) is 4.70. The molecule has 0 aliphatic rings. The van der Waals surface area contributed by atoms with Crippen molar-refractivity contribution >= 4 is 60.9 Å². The molecule has 5 N–H and O–H groups in total. The number of primary sulfonamides is 1. The highest BCUT2D eigenvalue weighted by atomic mass is 79.9. The number of sulfonamides is 1. The Kier molecular flexibility index (Phi) is 8.19. The summed E-state index contributed by atoms with van der Waals surface area (Å²) in [5.41, 5.74) is 1.88. The second kappa shape index (κ2) is 11.6. The molecule has 3 amide bonds. The molecule has 39 heavy (non-hydrogen) atoms. The number of benzene rings is 3. The van der Waals surface area contributed by atoms with Crippen LogP contribution in [-0.4, -0.2) is 31.1 Å². The van der Waals surface area contributed by atoms with E-state index in [4.69, 9.17) is 5.14 Å². The van der Waals surface area contributed by atoms with Gasteiger partial charge in [-0.2, -0.15) is 0 Å².